The molecule has 102 valence electrons. The summed E-state index contributed by atoms with van der Waals surface area (Å²) in [7, 11) is -3.52. The second kappa shape index (κ2) is 5.07. The van der Waals surface area contributed by atoms with Gasteiger partial charge < -0.3 is 10.7 Å². The summed E-state index contributed by atoms with van der Waals surface area (Å²) in [6.45, 7) is 4.12. The highest BCUT2D eigenvalue weighted by Crippen LogP contribution is 2.24. The molecule has 6 heteroatoms. The largest absolute Gasteiger partial charge is 0.399 e. The average molecular weight is 279 g/mol. The van der Waals surface area contributed by atoms with Gasteiger partial charge in [0.2, 0.25) is 10.0 Å². The molecule has 19 heavy (non-hydrogen) atoms. The van der Waals surface area contributed by atoms with Crippen molar-refractivity contribution in [3.8, 4) is 0 Å². The summed E-state index contributed by atoms with van der Waals surface area (Å²) < 4.78 is 26.9. The van der Waals surface area contributed by atoms with E-state index < -0.39 is 10.0 Å². The first kappa shape index (κ1) is 13.6. The lowest BCUT2D eigenvalue weighted by Crippen LogP contribution is -2.23. The molecule has 1 aromatic carbocycles. The van der Waals surface area contributed by atoms with E-state index in [4.69, 9.17) is 5.73 Å². The summed E-state index contributed by atoms with van der Waals surface area (Å²) in [6.07, 6.45) is 3.30. The molecule has 0 bridgehead atoms. The van der Waals surface area contributed by atoms with Crippen molar-refractivity contribution < 1.29 is 8.42 Å². The fraction of sp³-hybridized carbons (Fsp3) is 0.231. The molecule has 2 rings (SSSR count). The van der Waals surface area contributed by atoms with Gasteiger partial charge in [-0.25, -0.2) is 13.1 Å². The molecule has 0 aliphatic rings. The van der Waals surface area contributed by atoms with Crippen LogP contribution in [0.4, 0.5) is 5.69 Å². The fourth-order valence-electron chi connectivity index (χ4n) is 1.77. The molecule has 0 spiro atoms. The van der Waals surface area contributed by atoms with E-state index >= 15 is 0 Å². The van der Waals surface area contributed by atoms with Gasteiger partial charge in [0.25, 0.3) is 0 Å². The summed E-state index contributed by atoms with van der Waals surface area (Å²) in [5.41, 5.74) is 8.03. The van der Waals surface area contributed by atoms with Crippen LogP contribution in [0.5, 0.6) is 0 Å². The number of anilines is 1. The van der Waals surface area contributed by atoms with E-state index in [0.717, 1.165) is 5.57 Å². The second-order valence-corrected chi connectivity index (χ2v) is 6.33. The van der Waals surface area contributed by atoms with Gasteiger partial charge in [-0.1, -0.05) is 11.6 Å². The van der Waals surface area contributed by atoms with Gasteiger partial charge in [0, 0.05) is 29.3 Å². The highest BCUT2D eigenvalue weighted by Gasteiger charge is 2.17. The summed E-state index contributed by atoms with van der Waals surface area (Å²) in [6, 6.07) is 5.10. The van der Waals surface area contributed by atoms with Gasteiger partial charge in [-0.3, -0.25) is 0 Å². The first-order chi connectivity index (χ1) is 8.90. The number of benzene rings is 1. The molecule has 0 radical (unpaired) electrons. The minimum Gasteiger partial charge on any atom is -0.399 e. The van der Waals surface area contributed by atoms with Crippen molar-refractivity contribution in [3.05, 3.63) is 36.0 Å². The molecule has 0 amide bonds. The van der Waals surface area contributed by atoms with E-state index in [1.54, 1.807) is 18.2 Å². The van der Waals surface area contributed by atoms with Gasteiger partial charge in [0.1, 0.15) is 4.90 Å². The number of sulfonamides is 1. The van der Waals surface area contributed by atoms with Crippen LogP contribution in [0, 0.1) is 0 Å². The third kappa shape index (κ3) is 2.97. The molecule has 0 saturated carbocycles. The molecule has 0 atom stereocenters. The fourth-order valence-corrected chi connectivity index (χ4v) is 2.91. The predicted octanol–water partition coefficient (Wildman–Crippen LogP) is 1.99. The molecule has 0 aliphatic heterocycles. The molecule has 4 N–H and O–H groups in total. The number of H-pyrrole nitrogens is 1. The number of hydrogen-bond acceptors (Lipinski definition) is 3. The standard InChI is InChI=1S/C13H17N3O2S/c1-9(2)5-6-16-19(17,18)13-8-15-12-7-10(14)3-4-11(12)13/h3-5,7-8,15-16H,6,14H2,1-2H3. The second-order valence-electron chi connectivity index (χ2n) is 4.59. The van der Waals surface area contributed by atoms with Crippen molar-refractivity contribution in [2.24, 2.45) is 0 Å². The van der Waals surface area contributed by atoms with Crippen LogP contribution in [-0.4, -0.2) is 19.9 Å². The van der Waals surface area contributed by atoms with E-state index in [9.17, 15) is 8.42 Å². The summed E-state index contributed by atoms with van der Waals surface area (Å²) >= 11 is 0. The van der Waals surface area contributed by atoms with Crippen LogP contribution in [-0.2, 0) is 10.0 Å². The van der Waals surface area contributed by atoms with Gasteiger partial charge in [0.15, 0.2) is 0 Å². The molecule has 1 heterocycles. The van der Waals surface area contributed by atoms with E-state index in [1.165, 1.54) is 6.20 Å². The van der Waals surface area contributed by atoms with Crippen LogP contribution < -0.4 is 10.5 Å². The van der Waals surface area contributed by atoms with Crippen LogP contribution in [0.2, 0.25) is 0 Å². The van der Waals surface area contributed by atoms with Crippen molar-refractivity contribution >= 4 is 26.6 Å². The van der Waals surface area contributed by atoms with Crippen LogP contribution in [0.15, 0.2) is 40.9 Å². The number of fused-ring (bicyclic) bond motifs is 1. The smallest absolute Gasteiger partial charge is 0.242 e. The number of aromatic amines is 1. The molecule has 0 fully saturated rings. The Labute approximate surface area is 112 Å². The van der Waals surface area contributed by atoms with Gasteiger partial charge in [0.05, 0.1) is 0 Å². The van der Waals surface area contributed by atoms with E-state index in [1.807, 2.05) is 19.9 Å². The maximum absolute atomic E-state index is 12.2. The quantitative estimate of drug-likeness (QED) is 0.591. The van der Waals surface area contributed by atoms with Crippen molar-refractivity contribution in [1.82, 2.24) is 9.71 Å². The Morgan fingerprint density at radius 3 is 2.84 bits per heavy atom. The van der Waals surface area contributed by atoms with Crippen LogP contribution in [0.25, 0.3) is 10.9 Å². The topological polar surface area (TPSA) is 88.0 Å². The molecular weight excluding hydrogens is 262 g/mol. The Bertz CT molecular complexity index is 725. The summed E-state index contributed by atoms with van der Waals surface area (Å²) in [5.74, 6) is 0. The third-order valence-electron chi connectivity index (χ3n) is 2.74. The Hall–Kier alpha value is -1.79. The SMILES string of the molecule is CC(C)=CCNS(=O)(=O)c1c[nH]c2cc(N)ccc12. The lowest BCUT2D eigenvalue weighted by atomic mass is 10.2. The lowest BCUT2D eigenvalue weighted by Gasteiger charge is -2.03. The minimum absolute atomic E-state index is 0.240. The number of hydrogen-bond donors (Lipinski definition) is 3. The minimum atomic E-state index is -3.52. The molecule has 5 nitrogen and oxygen atoms in total. The third-order valence-corrected chi connectivity index (χ3v) is 4.20. The Balaban J connectivity index is 2.35. The van der Waals surface area contributed by atoms with Gasteiger partial charge in [-0.2, -0.15) is 0 Å². The molecular formula is C13H17N3O2S. The zero-order valence-corrected chi connectivity index (χ0v) is 11.7. The van der Waals surface area contributed by atoms with Gasteiger partial charge in [-0.15, -0.1) is 0 Å². The van der Waals surface area contributed by atoms with E-state index in [0.29, 0.717) is 16.6 Å². The number of nitrogens with two attached hydrogens (primary N) is 1. The monoisotopic (exact) mass is 279 g/mol. The number of nitrogens with one attached hydrogen (secondary N) is 2. The van der Waals surface area contributed by atoms with Crippen molar-refractivity contribution in [2.75, 3.05) is 12.3 Å². The first-order valence-electron chi connectivity index (χ1n) is 5.90. The lowest BCUT2D eigenvalue weighted by molar-refractivity contribution is 0.586. The average Bonchev–Trinajstić information content (AvgIpc) is 2.71. The van der Waals surface area contributed by atoms with Gasteiger partial charge >= 0.3 is 0 Å². The Morgan fingerprint density at radius 1 is 1.42 bits per heavy atom. The highest BCUT2D eigenvalue weighted by molar-refractivity contribution is 7.89. The van der Waals surface area contributed by atoms with Crippen LogP contribution in [0.1, 0.15) is 13.8 Å². The van der Waals surface area contributed by atoms with Crippen molar-refractivity contribution in [3.63, 3.8) is 0 Å². The highest BCUT2D eigenvalue weighted by atomic mass is 32.2. The number of rotatable bonds is 4. The van der Waals surface area contributed by atoms with E-state index in [-0.39, 0.29) is 11.4 Å². The summed E-state index contributed by atoms with van der Waals surface area (Å²) in [5, 5.41) is 0.638. The Kier molecular flexibility index (Phi) is 3.64. The number of allylic oxidation sites excluding steroid dienone is 1. The molecule has 0 aliphatic carbocycles. The van der Waals surface area contributed by atoms with Crippen molar-refractivity contribution in [2.45, 2.75) is 18.7 Å². The number of nitrogen functional groups attached to an aromatic ring is 1. The van der Waals surface area contributed by atoms with Crippen molar-refractivity contribution in [1.29, 1.82) is 0 Å². The molecule has 1 aromatic heterocycles. The predicted molar refractivity (Wildman–Crippen MR) is 77.3 cm³/mol. The number of aromatic nitrogens is 1. The first-order valence-corrected chi connectivity index (χ1v) is 7.38. The maximum Gasteiger partial charge on any atom is 0.242 e. The molecule has 2 aromatic rings. The zero-order chi connectivity index (χ0) is 14.0. The van der Waals surface area contributed by atoms with Crippen LogP contribution in [0.3, 0.4) is 0 Å². The van der Waals surface area contributed by atoms with Crippen LogP contribution >= 0.6 is 0 Å². The zero-order valence-electron chi connectivity index (χ0n) is 10.9. The van der Waals surface area contributed by atoms with E-state index in [2.05, 4.69) is 9.71 Å². The normalized spacial score (nSPS) is 11.7. The molecule has 0 unspecified atom stereocenters. The van der Waals surface area contributed by atoms with Gasteiger partial charge in [-0.05, 0) is 32.0 Å². The summed E-state index contributed by atoms with van der Waals surface area (Å²) in [4.78, 5) is 3.16. The molecule has 0 saturated heterocycles. The maximum atomic E-state index is 12.2. The Morgan fingerprint density at radius 2 is 2.16 bits per heavy atom.